The fourth-order valence-corrected chi connectivity index (χ4v) is 0.938. The van der Waals surface area contributed by atoms with Crippen LogP contribution in [0.4, 0.5) is 4.79 Å². The van der Waals surface area contributed by atoms with E-state index in [9.17, 15) is 4.79 Å². The van der Waals surface area contributed by atoms with Crippen LogP contribution in [0.25, 0.3) is 0 Å². The molecule has 70 valence electrons. The van der Waals surface area contributed by atoms with E-state index in [2.05, 4.69) is 26.2 Å². The lowest BCUT2D eigenvalue weighted by molar-refractivity contribution is 0.140. The maximum atomic E-state index is 10.7. The van der Waals surface area contributed by atoms with Gasteiger partial charge in [-0.3, -0.25) is 4.98 Å². The Morgan fingerprint density at radius 1 is 1.69 bits per heavy atom. The van der Waals surface area contributed by atoms with Crippen LogP contribution in [-0.4, -0.2) is 18.1 Å². The second-order valence-corrected chi connectivity index (χ2v) is 3.21. The molecule has 0 saturated heterocycles. The average Bonchev–Trinajstić information content (AvgIpc) is 2.16. The fraction of sp³-hybridized carbons (Fsp3) is 0.250. The summed E-state index contributed by atoms with van der Waals surface area (Å²) in [7, 11) is 1.51. The number of carbonyl (C=O) groups is 1. The summed E-state index contributed by atoms with van der Waals surface area (Å²) in [5.41, 5.74) is 0.715. The van der Waals surface area contributed by atoms with Gasteiger partial charge in [0, 0.05) is 17.7 Å². The summed E-state index contributed by atoms with van der Waals surface area (Å²) >= 11 is 3.26. The van der Waals surface area contributed by atoms with E-state index in [1.165, 1.54) is 7.05 Å². The summed E-state index contributed by atoms with van der Waals surface area (Å²) in [4.78, 5) is 14.7. The van der Waals surface area contributed by atoms with Crippen molar-refractivity contribution in [2.45, 2.75) is 6.61 Å². The number of halogens is 1. The molecule has 1 N–H and O–H groups in total. The van der Waals surface area contributed by atoms with Crippen LogP contribution < -0.4 is 5.32 Å². The predicted molar refractivity (Wildman–Crippen MR) is 51.2 cm³/mol. The first kappa shape index (κ1) is 9.98. The van der Waals surface area contributed by atoms with Gasteiger partial charge in [0.15, 0.2) is 0 Å². The molecule has 0 aliphatic heterocycles. The van der Waals surface area contributed by atoms with Gasteiger partial charge in [-0.15, -0.1) is 0 Å². The number of ether oxygens (including phenoxy) is 1. The molecule has 0 spiro atoms. The lowest BCUT2D eigenvalue weighted by Gasteiger charge is -2.02. The smallest absolute Gasteiger partial charge is 0.407 e. The molecule has 0 aliphatic carbocycles. The number of hydrogen-bond acceptors (Lipinski definition) is 3. The van der Waals surface area contributed by atoms with Crippen molar-refractivity contribution in [1.29, 1.82) is 0 Å². The van der Waals surface area contributed by atoms with Gasteiger partial charge in [-0.1, -0.05) is 0 Å². The Balaban J connectivity index is 2.46. The SMILES string of the molecule is CNC(=O)OCc1ccc(Br)cn1. The molecule has 0 fully saturated rings. The molecule has 0 radical (unpaired) electrons. The summed E-state index contributed by atoms with van der Waals surface area (Å²) in [6.07, 6.45) is 1.20. The Kier molecular flexibility index (Phi) is 3.70. The number of aromatic nitrogens is 1. The van der Waals surface area contributed by atoms with Crippen molar-refractivity contribution in [3.63, 3.8) is 0 Å². The van der Waals surface area contributed by atoms with E-state index in [0.717, 1.165) is 4.47 Å². The van der Waals surface area contributed by atoms with Crippen LogP contribution in [0, 0.1) is 0 Å². The Labute approximate surface area is 84.4 Å². The molecule has 1 aromatic heterocycles. The van der Waals surface area contributed by atoms with Gasteiger partial charge in [0.1, 0.15) is 6.61 Å². The normalized spacial score (nSPS) is 9.38. The van der Waals surface area contributed by atoms with Gasteiger partial charge in [-0.05, 0) is 28.1 Å². The monoisotopic (exact) mass is 244 g/mol. The van der Waals surface area contributed by atoms with E-state index < -0.39 is 6.09 Å². The number of alkyl carbamates (subject to hydrolysis) is 1. The van der Waals surface area contributed by atoms with Crippen molar-refractivity contribution >= 4 is 22.0 Å². The lowest BCUT2D eigenvalue weighted by atomic mass is 10.4. The molecule has 0 unspecified atom stereocenters. The number of carbonyl (C=O) groups excluding carboxylic acids is 1. The standard InChI is InChI=1S/C8H9BrN2O2/c1-10-8(12)13-5-7-3-2-6(9)4-11-7/h2-4H,5H2,1H3,(H,10,12). The van der Waals surface area contributed by atoms with E-state index in [4.69, 9.17) is 4.74 Å². The Morgan fingerprint density at radius 3 is 3.00 bits per heavy atom. The Morgan fingerprint density at radius 2 is 2.46 bits per heavy atom. The minimum atomic E-state index is -0.454. The molecular weight excluding hydrogens is 236 g/mol. The van der Waals surface area contributed by atoms with Crippen LogP contribution in [0.1, 0.15) is 5.69 Å². The van der Waals surface area contributed by atoms with E-state index in [0.29, 0.717) is 5.69 Å². The van der Waals surface area contributed by atoms with Crippen LogP contribution in [0.15, 0.2) is 22.8 Å². The number of amides is 1. The molecule has 0 aromatic carbocycles. The molecule has 1 heterocycles. The molecule has 0 saturated carbocycles. The second kappa shape index (κ2) is 4.81. The Bertz CT molecular complexity index is 287. The van der Waals surface area contributed by atoms with Gasteiger partial charge in [-0.2, -0.15) is 0 Å². The molecule has 1 rings (SSSR count). The van der Waals surface area contributed by atoms with Gasteiger partial charge < -0.3 is 10.1 Å². The average molecular weight is 245 g/mol. The van der Waals surface area contributed by atoms with Crippen LogP contribution in [-0.2, 0) is 11.3 Å². The largest absolute Gasteiger partial charge is 0.443 e. The minimum Gasteiger partial charge on any atom is -0.443 e. The van der Waals surface area contributed by atoms with E-state index in [1.807, 2.05) is 6.07 Å². The first-order valence-corrected chi connectivity index (χ1v) is 4.46. The third kappa shape index (κ3) is 3.42. The predicted octanol–water partition coefficient (Wildman–Crippen LogP) is 1.70. The topological polar surface area (TPSA) is 51.2 Å². The molecule has 4 nitrogen and oxygen atoms in total. The number of pyridine rings is 1. The first-order valence-electron chi connectivity index (χ1n) is 3.67. The van der Waals surface area contributed by atoms with Gasteiger partial charge in [0.05, 0.1) is 5.69 Å². The third-order valence-electron chi connectivity index (χ3n) is 1.34. The number of hydrogen-bond donors (Lipinski definition) is 1. The van der Waals surface area contributed by atoms with Crippen molar-refractivity contribution in [3.05, 3.63) is 28.5 Å². The number of nitrogens with one attached hydrogen (secondary N) is 1. The molecule has 5 heteroatoms. The van der Waals surface area contributed by atoms with Crippen LogP contribution >= 0.6 is 15.9 Å². The van der Waals surface area contributed by atoms with Crippen molar-refractivity contribution in [2.24, 2.45) is 0 Å². The van der Waals surface area contributed by atoms with Crippen LogP contribution in [0.3, 0.4) is 0 Å². The highest BCUT2D eigenvalue weighted by molar-refractivity contribution is 9.10. The highest BCUT2D eigenvalue weighted by Crippen LogP contribution is 2.07. The molecule has 1 aromatic rings. The summed E-state index contributed by atoms with van der Waals surface area (Å²) in [6.45, 7) is 0.187. The molecule has 0 aliphatic rings. The van der Waals surface area contributed by atoms with Crippen molar-refractivity contribution in [3.8, 4) is 0 Å². The van der Waals surface area contributed by atoms with Crippen LogP contribution in [0.5, 0.6) is 0 Å². The maximum absolute atomic E-state index is 10.7. The fourth-order valence-electron chi connectivity index (χ4n) is 0.703. The van der Waals surface area contributed by atoms with E-state index in [-0.39, 0.29) is 6.61 Å². The highest BCUT2D eigenvalue weighted by Gasteiger charge is 1.99. The second-order valence-electron chi connectivity index (χ2n) is 2.29. The summed E-state index contributed by atoms with van der Waals surface area (Å²) in [5.74, 6) is 0. The zero-order valence-corrected chi connectivity index (χ0v) is 8.67. The Hall–Kier alpha value is -1.10. The van der Waals surface area contributed by atoms with Crippen molar-refractivity contribution < 1.29 is 9.53 Å². The number of nitrogens with zero attached hydrogens (tertiary/aromatic N) is 1. The first-order chi connectivity index (χ1) is 6.22. The van der Waals surface area contributed by atoms with Crippen molar-refractivity contribution in [1.82, 2.24) is 10.3 Å². The molecular formula is C8H9BrN2O2. The third-order valence-corrected chi connectivity index (χ3v) is 1.81. The van der Waals surface area contributed by atoms with Crippen LogP contribution in [0.2, 0.25) is 0 Å². The molecule has 1 amide bonds. The van der Waals surface area contributed by atoms with E-state index >= 15 is 0 Å². The van der Waals surface area contributed by atoms with Gasteiger partial charge >= 0.3 is 6.09 Å². The molecule has 13 heavy (non-hydrogen) atoms. The van der Waals surface area contributed by atoms with Gasteiger partial charge in [-0.25, -0.2) is 4.79 Å². The van der Waals surface area contributed by atoms with E-state index in [1.54, 1.807) is 12.3 Å². The van der Waals surface area contributed by atoms with Gasteiger partial charge in [0.25, 0.3) is 0 Å². The quantitative estimate of drug-likeness (QED) is 0.862. The zero-order chi connectivity index (χ0) is 9.68. The molecule has 0 bridgehead atoms. The summed E-state index contributed by atoms with van der Waals surface area (Å²) in [5, 5.41) is 2.35. The van der Waals surface area contributed by atoms with Crippen molar-refractivity contribution in [2.75, 3.05) is 7.05 Å². The summed E-state index contributed by atoms with van der Waals surface area (Å²) in [6, 6.07) is 3.63. The molecule has 0 atom stereocenters. The lowest BCUT2D eigenvalue weighted by Crippen LogP contribution is -2.19. The highest BCUT2D eigenvalue weighted by atomic mass is 79.9. The zero-order valence-electron chi connectivity index (χ0n) is 7.08. The minimum absolute atomic E-state index is 0.187. The maximum Gasteiger partial charge on any atom is 0.407 e. The summed E-state index contributed by atoms with van der Waals surface area (Å²) < 4.78 is 5.69. The number of rotatable bonds is 2. The van der Waals surface area contributed by atoms with Gasteiger partial charge in [0.2, 0.25) is 0 Å².